The molecule has 0 aromatic rings. The van der Waals surface area contributed by atoms with Crippen LogP contribution in [0, 0.1) is 5.92 Å². The lowest BCUT2D eigenvalue weighted by Gasteiger charge is -2.10. The highest BCUT2D eigenvalue weighted by atomic mass is 79.9. The van der Waals surface area contributed by atoms with Gasteiger partial charge in [0.15, 0.2) is 0 Å². The molecule has 0 saturated carbocycles. The van der Waals surface area contributed by atoms with E-state index in [0.717, 1.165) is 5.92 Å². The van der Waals surface area contributed by atoms with Gasteiger partial charge in [-0.25, -0.2) is 0 Å². The van der Waals surface area contributed by atoms with Crippen molar-refractivity contribution in [1.29, 1.82) is 0 Å². The molecule has 1 atom stereocenters. The summed E-state index contributed by atoms with van der Waals surface area (Å²) in [6.07, 6.45) is 12.8. The maximum Gasteiger partial charge on any atom is 0.00313 e. The van der Waals surface area contributed by atoms with Crippen LogP contribution < -0.4 is 0 Å². The van der Waals surface area contributed by atoms with E-state index in [1.807, 2.05) is 0 Å². The molecule has 1 unspecified atom stereocenters. The fourth-order valence-corrected chi connectivity index (χ4v) is 2.22. The van der Waals surface area contributed by atoms with Crippen molar-refractivity contribution < 1.29 is 0 Å². The number of hydrogen-bond acceptors (Lipinski definition) is 0. The zero-order valence-corrected chi connectivity index (χ0v) is 11.6. The molecule has 0 rings (SSSR count). The summed E-state index contributed by atoms with van der Waals surface area (Å²) < 4.78 is 0. The summed E-state index contributed by atoms with van der Waals surface area (Å²) in [7, 11) is 0. The Balaban J connectivity index is 3.06. The Morgan fingerprint density at radius 1 is 0.857 bits per heavy atom. The molecule has 0 aliphatic rings. The van der Waals surface area contributed by atoms with Gasteiger partial charge in [0.05, 0.1) is 0 Å². The Bertz CT molecular complexity index is 101. The van der Waals surface area contributed by atoms with Crippen LogP contribution in [0.5, 0.6) is 0 Å². The Labute approximate surface area is 99.0 Å². The Morgan fingerprint density at radius 2 is 1.43 bits per heavy atom. The molecule has 0 saturated heterocycles. The van der Waals surface area contributed by atoms with E-state index in [9.17, 15) is 0 Å². The molecule has 0 heterocycles. The zero-order valence-electron chi connectivity index (χ0n) is 10.0. The van der Waals surface area contributed by atoms with Crippen molar-refractivity contribution in [3.63, 3.8) is 0 Å². The number of unbranched alkanes of at least 4 members (excludes halogenated alkanes) is 5. The van der Waals surface area contributed by atoms with Gasteiger partial charge in [0.25, 0.3) is 0 Å². The number of rotatable bonds is 10. The molecule has 14 heavy (non-hydrogen) atoms. The first-order valence-electron chi connectivity index (χ1n) is 6.37. The van der Waals surface area contributed by atoms with E-state index in [2.05, 4.69) is 29.8 Å². The Kier molecular flexibility index (Phi) is 12.0. The maximum atomic E-state index is 3.48. The monoisotopic (exact) mass is 262 g/mol. The molecular weight excluding hydrogens is 236 g/mol. The van der Waals surface area contributed by atoms with Gasteiger partial charge in [-0.15, -0.1) is 0 Å². The highest BCUT2D eigenvalue weighted by Crippen LogP contribution is 2.16. The molecule has 0 radical (unpaired) electrons. The maximum absolute atomic E-state index is 3.48. The highest BCUT2D eigenvalue weighted by molar-refractivity contribution is 9.09. The second-order valence-corrected chi connectivity index (χ2v) is 5.29. The van der Waals surface area contributed by atoms with E-state index in [0.29, 0.717) is 0 Å². The van der Waals surface area contributed by atoms with Crippen molar-refractivity contribution in [2.24, 2.45) is 5.92 Å². The molecule has 0 aliphatic carbocycles. The van der Waals surface area contributed by atoms with E-state index in [4.69, 9.17) is 0 Å². The van der Waals surface area contributed by atoms with Crippen LogP contribution in [-0.2, 0) is 0 Å². The molecule has 0 aromatic carbocycles. The topological polar surface area (TPSA) is 0 Å². The van der Waals surface area contributed by atoms with E-state index in [-0.39, 0.29) is 0 Å². The molecule has 0 nitrogen and oxygen atoms in total. The van der Waals surface area contributed by atoms with Crippen LogP contribution in [0.1, 0.15) is 71.6 Å². The van der Waals surface area contributed by atoms with E-state index < -0.39 is 0 Å². The minimum Gasteiger partial charge on any atom is -0.0928 e. The van der Waals surface area contributed by atoms with Crippen molar-refractivity contribution in [1.82, 2.24) is 0 Å². The predicted octanol–water partition coefficient (Wildman–Crippen LogP) is 5.55. The van der Waals surface area contributed by atoms with E-state index in [1.165, 1.54) is 63.1 Å². The molecule has 86 valence electrons. The van der Waals surface area contributed by atoms with Crippen molar-refractivity contribution in [3.05, 3.63) is 0 Å². The molecule has 0 N–H and O–H groups in total. The van der Waals surface area contributed by atoms with Gasteiger partial charge in [0, 0.05) is 5.33 Å². The van der Waals surface area contributed by atoms with Crippen molar-refractivity contribution in [3.8, 4) is 0 Å². The van der Waals surface area contributed by atoms with Crippen LogP contribution in [0.2, 0.25) is 0 Å². The summed E-state index contributed by atoms with van der Waals surface area (Å²) in [5, 5.41) is 1.18. The molecular formula is C13H27Br. The lowest BCUT2D eigenvalue weighted by molar-refractivity contribution is 0.444. The Morgan fingerprint density at radius 3 is 2.00 bits per heavy atom. The van der Waals surface area contributed by atoms with Gasteiger partial charge < -0.3 is 0 Å². The van der Waals surface area contributed by atoms with Crippen molar-refractivity contribution >= 4 is 15.9 Å². The molecule has 0 fully saturated rings. The van der Waals surface area contributed by atoms with Gasteiger partial charge >= 0.3 is 0 Å². The first kappa shape index (κ1) is 14.5. The fourth-order valence-electron chi connectivity index (χ4n) is 1.83. The van der Waals surface area contributed by atoms with Crippen LogP contribution in [0.25, 0.3) is 0 Å². The first-order valence-corrected chi connectivity index (χ1v) is 7.49. The van der Waals surface area contributed by atoms with Gasteiger partial charge in [-0.05, 0) is 12.3 Å². The van der Waals surface area contributed by atoms with Gasteiger partial charge in [0.1, 0.15) is 0 Å². The van der Waals surface area contributed by atoms with Crippen LogP contribution in [0.15, 0.2) is 0 Å². The van der Waals surface area contributed by atoms with Crippen molar-refractivity contribution in [2.75, 3.05) is 5.33 Å². The predicted molar refractivity (Wildman–Crippen MR) is 70.2 cm³/mol. The first-order chi connectivity index (χ1) is 6.81. The van der Waals surface area contributed by atoms with Gasteiger partial charge in [-0.2, -0.15) is 0 Å². The summed E-state index contributed by atoms with van der Waals surface area (Å²) in [6, 6.07) is 0. The highest BCUT2D eigenvalue weighted by Gasteiger charge is 2.01. The quantitative estimate of drug-likeness (QED) is 0.358. The second-order valence-electron chi connectivity index (χ2n) is 4.49. The normalized spacial score (nSPS) is 13.1. The number of alkyl halides is 1. The minimum absolute atomic E-state index is 0.954. The number of hydrogen-bond donors (Lipinski definition) is 0. The second kappa shape index (κ2) is 11.6. The zero-order chi connectivity index (χ0) is 10.6. The van der Waals surface area contributed by atoms with E-state index >= 15 is 0 Å². The lowest BCUT2D eigenvalue weighted by Crippen LogP contribution is -1.95. The smallest absolute Gasteiger partial charge is 0.00313 e. The van der Waals surface area contributed by atoms with Crippen molar-refractivity contribution in [2.45, 2.75) is 71.6 Å². The minimum atomic E-state index is 0.954. The third-order valence-corrected chi connectivity index (χ3v) is 3.44. The summed E-state index contributed by atoms with van der Waals surface area (Å²) in [5.41, 5.74) is 0. The van der Waals surface area contributed by atoms with Crippen LogP contribution in [-0.4, -0.2) is 5.33 Å². The number of halogens is 1. The average molecular weight is 263 g/mol. The summed E-state index contributed by atoms with van der Waals surface area (Å²) in [5.74, 6) is 0.954. The molecule has 0 amide bonds. The molecule has 0 aliphatic heterocycles. The third-order valence-electron chi connectivity index (χ3n) is 2.88. The van der Waals surface area contributed by atoms with Gasteiger partial charge in [-0.3, -0.25) is 0 Å². The standard InChI is InChI=1S/C13H27Br/c1-3-4-5-6-7-10-13(2)11-8-9-12-14/h13H,3-12H2,1-2H3. The summed E-state index contributed by atoms with van der Waals surface area (Å²) >= 11 is 3.48. The molecule has 0 bridgehead atoms. The van der Waals surface area contributed by atoms with Gasteiger partial charge in [0.2, 0.25) is 0 Å². The van der Waals surface area contributed by atoms with Crippen LogP contribution in [0.4, 0.5) is 0 Å². The van der Waals surface area contributed by atoms with Crippen LogP contribution >= 0.6 is 15.9 Å². The molecule has 0 spiro atoms. The summed E-state index contributed by atoms with van der Waals surface area (Å²) in [6.45, 7) is 4.69. The molecule has 1 heteroatoms. The fraction of sp³-hybridized carbons (Fsp3) is 1.00. The van der Waals surface area contributed by atoms with Gasteiger partial charge in [-0.1, -0.05) is 81.1 Å². The Hall–Kier alpha value is 0.480. The SMILES string of the molecule is CCCCCCCC(C)CCCCBr. The summed E-state index contributed by atoms with van der Waals surface area (Å²) in [4.78, 5) is 0. The largest absolute Gasteiger partial charge is 0.0928 e. The average Bonchev–Trinajstić information content (AvgIpc) is 2.18. The van der Waals surface area contributed by atoms with Crippen LogP contribution in [0.3, 0.4) is 0 Å². The third kappa shape index (κ3) is 10.6. The lowest BCUT2D eigenvalue weighted by atomic mass is 9.97. The molecule has 0 aromatic heterocycles. The van der Waals surface area contributed by atoms with E-state index in [1.54, 1.807) is 0 Å².